The average Bonchev–Trinajstić information content (AvgIpc) is 2.74. The maximum absolute atomic E-state index is 11.5. The van der Waals surface area contributed by atoms with Crippen molar-refractivity contribution < 1.29 is 9.53 Å². The van der Waals surface area contributed by atoms with E-state index in [0.29, 0.717) is 11.4 Å². The third kappa shape index (κ3) is 1.67. The molecule has 0 N–H and O–H groups in total. The Bertz CT molecular complexity index is 519. The normalized spacial score (nSPS) is 10.1. The van der Waals surface area contributed by atoms with Crippen LogP contribution in [0.5, 0.6) is 0 Å². The van der Waals surface area contributed by atoms with Gasteiger partial charge in [0.1, 0.15) is 11.4 Å². The minimum Gasteiger partial charge on any atom is -0.465 e. The number of ether oxygens (including phenoxy) is 1. The molecular formula is C11H11N3O2. The number of carbonyl (C=O) groups is 1. The Morgan fingerprint density at radius 3 is 2.81 bits per heavy atom. The molecule has 2 aromatic heterocycles. The first-order valence-electron chi connectivity index (χ1n) is 4.77. The molecule has 0 aromatic carbocycles. The summed E-state index contributed by atoms with van der Waals surface area (Å²) in [6.45, 7) is 1.84. The number of nitrogens with zero attached hydrogens (tertiary/aromatic N) is 3. The van der Waals surface area contributed by atoms with E-state index in [1.165, 1.54) is 7.11 Å². The minimum atomic E-state index is -0.406. The third-order valence-corrected chi connectivity index (χ3v) is 2.25. The Kier molecular flexibility index (Phi) is 2.68. The number of carbonyl (C=O) groups excluding carboxylic acids is 1. The van der Waals surface area contributed by atoms with Crippen LogP contribution in [0, 0.1) is 6.92 Å². The standard InChI is InChI=1S/C11H11N3O2/c1-8-12-6-7-14(8)10-9(11(15)16-2)4-3-5-13-10/h3-7H,1-2H3. The minimum absolute atomic E-state index is 0.406. The highest BCUT2D eigenvalue weighted by Crippen LogP contribution is 2.13. The molecule has 2 rings (SSSR count). The lowest BCUT2D eigenvalue weighted by Gasteiger charge is -2.08. The van der Waals surface area contributed by atoms with Gasteiger partial charge in [-0.3, -0.25) is 4.57 Å². The van der Waals surface area contributed by atoms with Gasteiger partial charge in [0.25, 0.3) is 0 Å². The van der Waals surface area contributed by atoms with Crippen molar-refractivity contribution in [2.24, 2.45) is 0 Å². The molecule has 0 atom stereocenters. The zero-order valence-corrected chi connectivity index (χ0v) is 9.04. The number of hydrogen-bond donors (Lipinski definition) is 0. The van der Waals surface area contributed by atoms with Crippen LogP contribution >= 0.6 is 0 Å². The Hall–Kier alpha value is -2.17. The van der Waals surface area contributed by atoms with E-state index in [-0.39, 0.29) is 0 Å². The molecule has 5 heteroatoms. The van der Waals surface area contributed by atoms with Gasteiger partial charge in [-0.2, -0.15) is 0 Å². The number of methoxy groups -OCH3 is 1. The summed E-state index contributed by atoms with van der Waals surface area (Å²) in [4.78, 5) is 19.8. The molecule has 0 saturated heterocycles. The van der Waals surface area contributed by atoms with Crippen LogP contribution in [0.1, 0.15) is 16.2 Å². The highest BCUT2D eigenvalue weighted by molar-refractivity contribution is 5.92. The first kappa shape index (κ1) is 10.4. The van der Waals surface area contributed by atoms with Crippen LogP contribution in [0.3, 0.4) is 0 Å². The van der Waals surface area contributed by atoms with E-state index in [9.17, 15) is 4.79 Å². The molecule has 0 amide bonds. The van der Waals surface area contributed by atoms with Crippen LogP contribution in [-0.2, 0) is 4.74 Å². The second-order valence-corrected chi connectivity index (χ2v) is 3.21. The Morgan fingerprint density at radius 2 is 2.19 bits per heavy atom. The first-order valence-corrected chi connectivity index (χ1v) is 4.77. The number of rotatable bonds is 2. The summed E-state index contributed by atoms with van der Waals surface area (Å²) in [5.74, 6) is 0.893. The van der Waals surface area contributed by atoms with Crippen molar-refractivity contribution in [1.29, 1.82) is 0 Å². The van der Waals surface area contributed by atoms with Crippen LogP contribution in [0.2, 0.25) is 0 Å². The lowest BCUT2D eigenvalue weighted by atomic mass is 10.2. The maximum Gasteiger partial charge on any atom is 0.341 e. The van der Waals surface area contributed by atoms with Gasteiger partial charge in [0.05, 0.1) is 7.11 Å². The quantitative estimate of drug-likeness (QED) is 0.713. The lowest BCUT2D eigenvalue weighted by molar-refractivity contribution is 0.0600. The van der Waals surface area contributed by atoms with Gasteiger partial charge in [-0.25, -0.2) is 14.8 Å². The molecular weight excluding hydrogens is 206 g/mol. The summed E-state index contributed by atoms with van der Waals surface area (Å²) in [5.41, 5.74) is 0.422. The van der Waals surface area contributed by atoms with Gasteiger partial charge < -0.3 is 4.74 Å². The number of hydrogen-bond acceptors (Lipinski definition) is 4. The summed E-state index contributed by atoms with van der Waals surface area (Å²) in [5, 5.41) is 0. The van der Waals surface area contributed by atoms with Gasteiger partial charge in [0, 0.05) is 18.6 Å². The van der Waals surface area contributed by atoms with Crippen molar-refractivity contribution in [2.75, 3.05) is 7.11 Å². The van der Waals surface area contributed by atoms with Gasteiger partial charge >= 0.3 is 5.97 Å². The Balaban J connectivity index is 2.57. The van der Waals surface area contributed by atoms with Crippen molar-refractivity contribution in [3.05, 3.63) is 42.1 Å². The van der Waals surface area contributed by atoms with E-state index in [1.54, 1.807) is 35.3 Å². The van der Waals surface area contributed by atoms with E-state index in [2.05, 4.69) is 9.97 Å². The fourth-order valence-corrected chi connectivity index (χ4v) is 1.46. The molecule has 82 valence electrons. The Labute approximate surface area is 92.7 Å². The lowest BCUT2D eigenvalue weighted by Crippen LogP contribution is -2.09. The average molecular weight is 217 g/mol. The highest BCUT2D eigenvalue weighted by atomic mass is 16.5. The summed E-state index contributed by atoms with van der Waals surface area (Å²) in [7, 11) is 1.35. The fraction of sp³-hybridized carbons (Fsp3) is 0.182. The second kappa shape index (κ2) is 4.14. The van der Waals surface area contributed by atoms with Gasteiger partial charge in [-0.1, -0.05) is 0 Å². The predicted molar refractivity (Wildman–Crippen MR) is 57.4 cm³/mol. The summed E-state index contributed by atoms with van der Waals surface area (Å²) in [6.07, 6.45) is 5.04. The molecule has 0 bridgehead atoms. The summed E-state index contributed by atoms with van der Waals surface area (Å²) >= 11 is 0. The zero-order chi connectivity index (χ0) is 11.5. The molecule has 0 saturated carbocycles. The van der Waals surface area contributed by atoms with Crippen molar-refractivity contribution in [2.45, 2.75) is 6.92 Å². The maximum atomic E-state index is 11.5. The second-order valence-electron chi connectivity index (χ2n) is 3.21. The van der Waals surface area contributed by atoms with Crippen molar-refractivity contribution in [3.8, 4) is 5.82 Å². The third-order valence-electron chi connectivity index (χ3n) is 2.25. The van der Waals surface area contributed by atoms with Crippen molar-refractivity contribution in [1.82, 2.24) is 14.5 Å². The smallest absolute Gasteiger partial charge is 0.341 e. The molecule has 0 aliphatic heterocycles. The van der Waals surface area contributed by atoms with Crippen LogP contribution in [0.25, 0.3) is 5.82 Å². The van der Waals surface area contributed by atoms with Crippen LogP contribution in [-0.4, -0.2) is 27.6 Å². The van der Waals surface area contributed by atoms with E-state index < -0.39 is 5.97 Å². The number of aromatic nitrogens is 3. The Morgan fingerprint density at radius 1 is 1.38 bits per heavy atom. The van der Waals surface area contributed by atoms with E-state index in [1.807, 2.05) is 6.92 Å². The van der Waals surface area contributed by atoms with Crippen LogP contribution in [0.15, 0.2) is 30.7 Å². The number of aryl methyl sites for hydroxylation is 1. The zero-order valence-electron chi connectivity index (χ0n) is 9.04. The molecule has 0 spiro atoms. The monoisotopic (exact) mass is 217 g/mol. The van der Waals surface area contributed by atoms with E-state index >= 15 is 0 Å². The largest absolute Gasteiger partial charge is 0.465 e. The SMILES string of the molecule is COC(=O)c1cccnc1-n1ccnc1C. The molecule has 2 heterocycles. The fourth-order valence-electron chi connectivity index (χ4n) is 1.46. The number of pyridine rings is 1. The summed E-state index contributed by atoms with van der Waals surface area (Å²) < 4.78 is 6.44. The topological polar surface area (TPSA) is 57.0 Å². The molecule has 16 heavy (non-hydrogen) atoms. The van der Waals surface area contributed by atoms with Gasteiger partial charge in [-0.15, -0.1) is 0 Å². The van der Waals surface area contributed by atoms with Crippen LogP contribution < -0.4 is 0 Å². The van der Waals surface area contributed by atoms with Crippen molar-refractivity contribution >= 4 is 5.97 Å². The van der Waals surface area contributed by atoms with E-state index in [0.717, 1.165) is 5.82 Å². The predicted octanol–water partition coefficient (Wildman–Crippen LogP) is 1.36. The molecule has 5 nitrogen and oxygen atoms in total. The molecule has 2 aromatic rings. The summed E-state index contributed by atoms with van der Waals surface area (Å²) in [6, 6.07) is 3.37. The van der Waals surface area contributed by atoms with Gasteiger partial charge in [0.2, 0.25) is 0 Å². The highest BCUT2D eigenvalue weighted by Gasteiger charge is 2.14. The molecule has 0 aliphatic carbocycles. The van der Waals surface area contributed by atoms with Gasteiger partial charge in [0.15, 0.2) is 5.82 Å². The van der Waals surface area contributed by atoms with Crippen molar-refractivity contribution in [3.63, 3.8) is 0 Å². The first-order chi connectivity index (χ1) is 7.74. The van der Waals surface area contributed by atoms with Crippen LogP contribution in [0.4, 0.5) is 0 Å². The molecule has 0 unspecified atom stereocenters. The number of imidazole rings is 1. The van der Waals surface area contributed by atoms with E-state index in [4.69, 9.17) is 4.74 Å². The molecule has 0 fully saturated rings. The molecule has 0 radical (unpaired) electrons. The van der Waals surface area contributed by atoms with Gasteiger partial charge in [-0.05, 0) is 19.1 Å². The number of esters is 1. The molecule has 0 aliphatic rings.